The van der Waals surface area contributed by atoms with Gasteiger partial charge in [-0.25, -0.2) is 9.97 Å². The molecule has 0 saturated heterocycles. The zero-order valence-corrected chi connectivity index (χ0v) is 17.7. The van der Waals surface area contributed by atoms with Crippen molar-refractivity contribution >= 4 is 29.1 Å². The molecule has 1 aliphatic rings. The monoisotopic (exact) mass is 416 g/mol. The summed E-state index contributed by atoms with van der Waals surface area (Å²) >= 11 is 0. The second kappa shape index (κ2) is 8.87. The van der Waals surface area contributed by atoms with Crippen molar-refractivity contribution in [2.45, 2.75) is 19.9 Å². The highest BCUT2D eigenvalue weighted by Gasteiger charge is 2.26. The molecule has 1 amide bonds. The van der Waals surface area contributed by atoms with E-state index in [1.165, 1.54) is 0 Å². The molecule has 2 aromatic heterocycles. The van der Waals surface area contributed by atoms with Gasteiger partial charge < -0.3 is 19.8 Å². The van der Waals surface area contributed by atoms with Gasteiger partial charge in [0.1, 0.15) is 11.5 Å². The highest BCUT2D eigenvalue weighted by atomic mass is 16.5. The van der Waals surface area contributed by atoms with E-state index in [2.05, 4.69) is 20.6 Å². The van der Waals surface area contributed by atoms with Crippen molar-refractivity contribution in [1.82, 2.24) is 15.3 Å². The van der Waals surface area contributed by atoms with Crippen LogP contribution in [0.25, 0.3) is 17.2 Å². The lowest BCUT2D eigenvalue weighted by Gasteiger charge is -2.09. The number of ether oxygens (including phenoxy) is 1. The van der Waals surface area contributed by atoms with Crippen molar-refractivity contribution < 1.29 is 13.9 Å². The zero-order valence-electron chi connectivity index (χ0n) is 17.7. The van der Waals surface area contributed by atoms with Gasteiger partial charge in [-0.05, 0) is 65.1 Å². The van der Waals surface area contributed by atoms with E-state index in [-0.39, 0.29) is 12.3 Å². The van der Waals surface area contributed by atoms with E-state index in [4.69, 9.17) is 9.15 Å². The molecule has 2 N–H and O–H groups in total. The molecule has 0 unspecified atom stereocenters. The molecule has 1 aliphatic carbocycles. The summed E-state index contributed by atoms with van der Waals surface area (Å²) in [5.41, 5.74) is 6.03. The Morgan fingerprint density at radius 3 is 2.68 bits per heavy atom. The molecule has 7 nitrogen and oxygen atoms in total. The first kappa shape index (κ1) is 20.4. The number of carbonyl (C=O) groups excluding carboxylic acids is 1. The van der Waals surface area contributed by atoms with E-state index < -0.39 is 0 Å². The Balaban J connectivity index is 1.65. The third-order valence-corrected chi connectivity index (χ3v) is 5.28. The topological polar surface area (TPSA) is 89.3 Å². The second-order valence-corrected chi connectivity index (χ2v) is 7.20. The van der Waals surface area contributed by atoms with Gasteiger partial charge in [-0.15, -0.1) is 0 Å². The molecule has 4 rings (SSSR count). The molecule has 0 fully saturated rings. The normalized spacial score (nSPS) is 14.0. The molecule has 7 heteroatoms. The number of nitrogens with zero attached hydrogens (tertiary/aromatic N) is 2. The number of rotatable bonds is 7. The Bertz CT molecular complexity index is 1150. The lowest BCUT2D eigenvalue weighted by molar-refractivity contribution is -0.120. The van der Waals surface area contributed by atoms with Crippen LogP contribution in [0.4, 0.5) is 5.95 Å². The molecule has 3 aromatic rings. The van der Waals surface area contributed by atoms with Crippen molar-refractivity contribution in [2.24, 2.45) is 0 Å². The van der Waals surface area contributed by atoms with Crippen LogP contribution in [-0.4, -0.2) is 30.0 Å². The van der Waals surface area contributed by atoms with Gasteiger partial charge in [0.05, 0.1) is 26.3 Å². The van der Waals surface area contributed by atoms with E-state index in [0.717, 1.165) is 44.9 Å². The van der Waals surface area contributed by atoms with Crippen LogP contribution < -0.4 is 15.4 Å². The Morgan fingerprint density at radius 2 is 2.00 bits per heavy atom. The summed E-state index contributed by atoms with van der Waals surface area (Å²) in [6.45, 7) is 2.40. The number of hydrogen-bond donors (Lipinski definition) is 2. The number of fused-ring (bicyclic) bond motifs is 1. The van der Waals surface area contributed by atoms with E-state index in [1.807, 2.05) is 37.3 Å². The molecule has 1 aromatic carbocycles. The fraction of sp³-hybridized carbons (Fsp3) is 0.208. The van der Waals surface area contributed by atoms with Crippen LogP contribution in [0.1, 0.15) is 35.8 Å². The first-order valence-electron chi connectivity index (χ1n) is 9.98. The fourth-order valence-electron chi connectivity index (χ4n) is 3.65. The minimum absolute atomic E-state index is 0.0672. The van der Waals surface area contributed by atoms with Gasteiger partial charge in [0.2, 0.25) is 11.9 Å². The molecule has 2 heterocycles. The molecule has 158 valence electrons. The van der Waals surface area contributed by atoms with Gasteiger partial charge in [-0.2, -0.15) is 0 Å². The average molecular weight is 416 g/mol. The molecule has 0 bridgehead atoms. The number of aromatic nitrogens is 2. The number of nitrogens with one attached hydrogen (secondary N) is 2. The summed E-state index contributed by atoms with van der Waals surface area (Å²) < 4.78 is 10.7. The maximum atomic E-state index is 12.7. The minimum Gasteiger partial charge on any atom is -0.497 e. The molecule has 0 saturated carbocycles. The van der Waals surface area contributed by atoms with Crippen LogP contribution in [0, 0.1) is 0 Å². The first-order valence-corrected chi connectivity index (χ1v) is 9.98. The summed E-state index contributed by atoms with van der Waals surface area (Å²) in [5, 5.41) is 5.84. The highest BCUT2D eigenvalue weighted by molar-refractivity contribution is 6.08. The molecular weight excluding hydrogens is 392 g/mol. The Morgan fingerprint density at radius 1 is 1.19 bits per heavy atom. The molecule has 31 heavy (non-hydrogen) atoms. The van der Waals surface area contributed by atoms with Crippen molar-refractivity contribution in [3.63, 3.8) is 0 Å². The van der Waals surface area contributed by atoms with Gasteiger partial charge >= 0.3 is 0 Å². The molecule has 0 radical (unpaired) electrons. The maximum absolute atomic E-state index is 12.7. The SMILES string of the molecule is CNc1ncc(/C=C2/C(C)=C(CC(=O)NCc3ccco3)c3cc(OC)ccc32)cn1. The second-order valence-electron chi connectivity index (χ2n) is 7.20. The maximum Gasteiger partial charge on any atom is 0.224 e. The van der Waals surface area contributed by atoms with Crippen molar-refractivity contribution in [2.75, 3.05) is 19.5 Å². The zero-order chi connectivity index (χ0) is 21.8. The van der Waals surface area contributed by atoms with Gasteiger partial charge in [0.25, 0.3) is 0 Å². The van der Waals surface area contributed by atoms with Gasteiger partial charge in [-0.1, -0.05) is 6.07 Å². The summed E-state index contributed by atoms with van der Waals surface area (Å²) in [7, 11) is 3.42. The highest BCUT2D eigenvalue weighted by Crippen LogP contribution is 2.44. The third kappa shape index (κ3) is 4.35. The minimum atomic E-state index is -0.0672. The smallest absolute Gasteiger partial charge is 0.224 e. The van der Waals surface area contributed by atoms with Crippen LogP contribution in [0.2, 0.25) is 0 Å². The van der Waals surface area contributed by atoms with Crippen LogP contribution in [0.15, 0.2) is 59.0 Å². The fourth-order valence-corrected chi connectivity index (χ4v) is 3.65. The molecule has 0 aliphatic heterocycles. The van der Waals surface area contributed by atoms with Gasteiger partial charge in [0.15, 0.2) is 0 Å². The largest absolute Gasteiger partial charge is 0.497 e. The lowest BCUT2D eigenvalue weighted by atomic mass is 10.0. The number of amides is 1. The van der Waals surface area contributed by atoms with Crippen molar-refractivity contribution in [1.29, 1.82) is 0 Å². The number of methoxy groups -OCH3 is 1. The van der Waals surface area contributed by atoms with Gasteiger partial charge in [-0.3, -0.25) is 4.79 Å². The van der Waals surface area contributed by atoms with E-state index in [9.17, 15) is 4.79 Å². The summed E-state index contributed by atoms with van der Waals surface area (Å²) in [6.07, 6.45) is 7.46. The predicted octanol–water partition coefficient (Wildman–Crippen LogP) is 4.15. The van der Waals surface area contributed by atoms with Crippen molar-refractivity contribution in [3.05, 3.63) is 77.0 Å². The Labute approximate surface area is 180 Å². The number of furan rings is 1. The molecule has 0 spiro atoms. The van der Waals surface area contributed by atoms with Crippen LogP contribution in [0.3, 0.4) is 0 Å². The summed E-state index contributed by atoms with van der Waals surface area (Å²) in [6, 6.07) is 9.58. The summed E-state index contributed by atoms with van der Waals surface area (Å²) in [5.74, 6) is 1.98. The quantitative estimate of drug-likeness (QED) is 0.601. The number of hydrogen-bond acceptors (Lipinski definition) is 6. The van der Waals surface area contributed by atoms with E-state index in [0.29, 0.717) is 12.5 Å². The Kier molecular flexibility index (Phi) is 5.84. The lowest BCUT2D eigenvalue weighted by Crippen LogP contribution is -2.22. The van der Waals surface area contributed by atoms with E-state index in [1.54, 1.807) is 38.9 Å². The average Bonchev–Trinajstić information content (AvgIpc) is 3.40. The number of anilines is 1. The van der Waals surface area contributed by atoms with E-state index >= 15 is 0 Å². The third-order valence-electron chi connectivity index (χ3n) is 5.28. The number of carbonyl (C=O) groups is 1. The number of benzene rings is 1. The predicted molar refractivity (Wildman–Crippen MR) is 120 cm³/mol. The van der Waals surface area contributed by atoms with Crippen molar-refractivity contribution in [3.8, 4) is 5.75 Å². The standard InChI is InChI=1S/C24H24N4O3/c1-15-20(9-16-12-27-24(25-2)28-13-16)19-7-6-17(30-3)10-22(19)21(15)11-23(29)26-14-18-5-4-8-31-18/h4-10,12-13H,11,14H2,1-3H3,(H,26,29)(H,25,27,28)/b20-9-. The Hall–Kier alpha value is -3.87. The first-order chi connectivity index (χ1) is 15.1. The molecule has 0 atom stereocenters. The van der Waals surface area contributed by atoms with Crippen LogP contribution in [-0.2, 0) is 11.3 Å². The van der Waals surface area contributed by atoms with Gasteiger partial charge in [0, 0.05) is 25.0 Å². The molecular formula is C24H24N4O3. The van der Waals surface area contributed by atoms with Crippen LogP contribution >= 0.6 is 0 Å². The van der Waals surface area contributed by atoms with Crippen LogP contribution in [0.5, 0.6) is 5.75 Å². The number of allylic oxidation sites excluding steroid dienone is 2. The summed E-state index contributed by atoms with van der Waals surface area (Å²) in [4.78, 5) is 21.3.